The molecule has 0 aliphatic heterocycles. The van der Waals surface area contributed by atoms with Crippen LogP contribution >= 0.6 is 15.6 Å². The molecule has 0 rings (SSSR count). The van der Waals surface area contributed by atoms with E-state index in [0.29, 0.717) is 31.6 Å². The van der Waals surface area contributed by atoms with Gasteiger partial charge in [-0.25, -0.2) is 9.13 Å². The summed E-state index contributed by atoms with van der Waals surface area (Å²) >= 11 is 0. The maximum absolute atomic E-state index is 13.2. The smallest absolute Gasteiger partial charge is 0.462 e. The molecule has 0 amide bonds. The Labute approximate surface area is 708 Å². The summed E-state index contributed by atoms with van der Waals surface area (Å²) < 4.78 is 69.2. The number of phosphoric ester groups is 2. The highest BCUT2D eigenvalue weighted by atomic mass is 31.2. The Hall–Kier alpha value is -1.94. The van der Waals surface area contributed by atoms with Crippen LogP contribution < -0.4 is 0 Å². The van der Waals surface area contributed by atoms with Crippen molar-refractivity contribution in [1.29, 1.82) is 0 Å². The first kappa shape index (κ1) is 113. The van der Waals surface area contributed by atoms with E-state index in [2.05, 4.69) is 55.4 Å². The minimum atomic E-state index is -4.97. The van der Waals surface area contributed by atoms with E-state index in [1.807, 2.05) is 0 Å². The van der Waals surface area contributed by atoms with E-state index in [0.717, 1.165) is 114 Å². The standard InChI is InChI=1S/C96H188O17P2/c1-9-88(7)74-66-58-50-42-36-30-24-18-12-15-20-26-32-38-44-52-60-68-76-93(98)106-82-91(112-95(100)78-70-62-53-45-39-33-27-21-14-11-17-23-29-35-41-48-56-64-72-86(3)4)84-110-114(102,103)108-80-90(97)81-109-115(104,105)111-85-92(83-107-94(99)77-69-61-55-47-49-57-65-73-87(5)6)113-96(101)79-71-63-54-46-40-34-28-22-16-13-19-25-31-37-43-51-59-67-75-89(8)10-2/h86-92,97H,9-85H2,1-8H3,(H,102,103)(H,104,105)/t88?,89?,90?,91-,92-/m1/s1. The van der Waals surface area contributed by atoms with Crippen molar-refractivity contribution in [2.75, 3.05) is 39.6 Å². The van der Waals surface area contributed by atoms with Crippen molar-refractivity contribution < 1.29 is 80.2 Å². The summed E-state index contributed by atoms with van der Waals surface area (Å²) in [6.45, 7) is 14.5. The summed E-state index contributed by atoms with van der Waals surface area (Å²) in [5.41, 5.74) is 0. The fourth-order valence-corrected chi connectivity index (χ4v) is 16.6. The van der Waals surface area contributed by atoms with E-state index >= 15 is 0 Å². The SMILES string of the molecule is CCC(C)CCCCCCCCCCCCCCCCCCCCC(=O)OC[C@H](COP(=O)(O)OCC(O)COP(=O)(O)OC[C@@H](COC(=O)CCCCCCCCCC(C)C)OC(=O)CCCCCCCCCCCCCCCCCCCCC(C)CC)OC(=O)CCCCCCCCCCCCCCCCCCCCC(C)C. The van der Waals surface area contributed by atoms with Crippen molar-refractivity contribution in [3.8, 4) is 0 Å². The number of carbonyl (C=O) groups is 4. The van der Waals surface area contributed by atoms with Crippen LogP contribution in [0.3, 0.4) is 0 Å². The third-order valence-electron chi connectivity index (χ3n) is 23.3. The summed E-state index contributed by atoms with van der Waals surface area (Å²) in [7, 11) is -9.94. The van der Waals surface area contributed by atoms with Gasteiger partial charge in [0.05, 0.1) is 26.4 Å². The number of ether oxygens (including phenoxy) is 4. The van der Waals surface area contributed by atoms with Gasteiger partial charge in [0.2, 0.25) is 0 Å². The molecule has 0 aliphatic carbocycles. The molecule has 5 unspecified atom stereocenters. The molecule has 115 heavy (non-hydrogen) atoms. The van der Waals surface area contributed by atoms with Crippen LogP contribution in [0, 0.1) is 23.7 Å². The zero-order valence-electron chi connectivity index (χ0n) is 76.4. The molecule has 0 spiro atoms. The number of aliphatic hydroxyl groups is 1. The zero-order valence-corrected chi connectivity index (χ0v) is 78.2. The molecule has 0 radical (unpaired) electrons. The van der Waals surface area contributed by atoms with Gasteiger partial charge in [-0.15, -0.1) is 0 Å². The minimum absolute atomic E-state index is 0.108. The molecule has 684 valence electrons. The summed E-state index contributed by atoms with van der Waals surface area (Å²) in [4.78, 5) is 73.5. The number of carbonyl (C=O) groups excluding carboxylic acids is 4. The molecule has 0 aromatic rings. The number of phosphoric acid groups is 2. The molecule has 0 saturated heterocycles. The number of esters is 4. The van der Waals surface area contributed by atoms with Gasteiger partial charge >= 0.3 is 39.5 Å². The average Bonchev–Trinajstić information content (AvgIpc) is 0.896. The number of unbranched alkanes of at least 4 members (excludes halogenated alkanes) is 57. The molecule has 0 bridgehead atoms. The molecule has 0 aromatic heterocycles. The second-order valence-electron chi connectivity index (χ2n) is 35.9. The highest BCUT2D eigenvalue weighted by molar-refractivity contribution is 7.47. The fourth-order valence-electron chi connectivity index (χ4n) is 15.0. The highest BCUT2D eigenvalue weighted by Crippen LogP contribution is 2.45. The van der Waals surface area contributed by atoms with E-state index < -0.39 is 97.5 Å². The van der Waals surface area contributed by atoms with Crippen molar-refractivity contribution in [1.82, 2.24) is 0 Å². The van der Waals surface area contributed by atoms with Crippen LogP contribution in [0.5, 0.6) is 0 Å². The first-order valence-corrected chi connectivity index (χ1v) is 52.3. The van der Waals surface area contributed by atoms with Crippen LogP contribution in [0.25, 0.3) is 0 Å². The molecular weight excluding hydrogens is 1490 g/mol. The van der Waals surface area contributed by atoms with Gasteiger partial charge in [-0.1, -0.05) is 460 Å². The van der Waals surface area contributed by atoms with E-state index in [-0.39, 0.29) is 25.7 Å². The van der Waals surface area contributed by atoms with Crippen molar-refractivity contribution >= 4 is 39.5 Å². The van der Waals surface area contributed by atoms with Gasteiger partial charge in [-0.2, -0.15) is 0 Å². The van der Waals surface area contributed by atoms with E-state index in [9.17, 15) is 43.2 Å². The fraction of sp³-hybridized carbons (Fsp3) is 0.958. The van der Waals surface area contributed by atoms with Crippen LogP contribution in [0.2, 0.25) is 0 Å². The predicted octanol–water partition coefficient (Wildman–Crippen LogP) is 29.8. The van der Waals surface area contributed by atoms with Gasteiger partial charge in [0.15, 0.2) is 12.2 Å². The molecule has 0 fully saturated rings. The zero-order chi connectivity index (χ0) is 84.5. The van der Waals surface area contributed by atoms with Crippen molar-refractivity contribution in [2.24, 2.45) is 23.7 Å². The first-order valence-electron chi connectivity index (χ1n) is 49.3. The molecule has 3 N–H and O–H groups in total. The lowest BCUT2D eigenvalue weighted by molar-refractivity contribution is -0.161. The van der Waals surface area contributed by atoms with Gasteiger partial charge in [-0.05, 0) is 49.4 Å². The largest absolute Gasteiger partial charge is 0.472 e. The highest BCUT2D eigenvalue weighted by Gasteiger charge is 2.31. The number of hydrogen-bond acceptors (Lipinski definition) is 15. The molecular formula is C96H188O17P2. The van der Waals surface area contributed by atoms with Gasteiger partial charge in [0.25, 0.3) is 0 Å². The number of rotatable bonds is 93. The third-order valence-corrected chi connectivity index (χ3v) is 25.2. The lowest BCUT2D eigenvalue weighted by Gasteiger charge is -2.21. The van der Waals surface area contributed by atoms with Crippen molar-refractivity contribution in [3.05, 3.63) is 0 Å². The van der Waals surface area contributed by atoms with E-state index in [1.165, 1.54) is 308 Å². The molecule has 0 aliphatic rings. The third kappa shape index (κ3) is 86.8. The normalized spacial score (nSPS) is 14.2. The van der Waals surface area contributed by atoms with Crippen LogP contribution in [0.1, 0.15) is 511 Å². The van der Waals surface area contributed by atoms with Crippen LogP contribution in [0.4, 0.5) is 0 Å². The second kappa shape index (κ2) is 84.3. The Morgan fingerprint density at radius 1 is 0.243 bits per heavy atom. The van der Waals surface area contributed by atoms with Crippen LogP contribution in [-0.2, 0) is 65.4 Å². The van der Waals surface area contributed by atoms with Gasteiger partial charge in [0, 0.05) is 25.7 Å². The predicted molar refractivity (Wildman–Crippen MR) is 478 cm³/mol. The summed E-state index contributed by atoms with van der Waals surface area (Å²) in [5.74, 6) is 1.17. The van der Waals surface area contributed by atoms with Crippen molar-refractivity contribution in [3.63, 3.8) is 0 Å². The summed E-state index contributed by atoms with van der Waals surface area (Å²) in [5, 5.41) is 10.7. The Balaban J connectivity index is 5.20. The molecule has 0 heterocycles. The minimum Gasteiger partial charge on any atom is -0.462 e. The average molecular weight is 1680 g/mol. The molecule has 0 aromatic carbocycles. The van der Waals surface area contributed by atoms with Crippen molar-refractivity contribution in [2.45, 2.75) is 530 Å². The quantitative estimate of drug-likeness (QED) is 0.0222. The van der Waals surface area contributed by atoms with Crippen LogP contribution in [0.15, 0.2) is 0 Å². The monoisotopic (exact) mass is 1680 g/mol. The lowest BCUT2D eigenvalue weighted by Crippen LogP contribution is -2.30. The molecule has 19 heteroatoms. The number of hydrogen-bond donors (Lipinski definition) is 3. The maximum Gasteiger partial charge on any atom is 0.472 e. The van der Waals surface area contributed by atoms with E-state index in [1.54, 1.807) is 0 Å². The summed E-state index contributed by atoms with van der Waals surface area (Å²) in [6, 6.07) is 0. The Morgan fingerprint density at radius 3 is 0.617 bits per heavy atom. The summed E-state index contributed by atoms with van der Waals surface area (Å²) in [6.07, 6.45) is 78.0. The molecule has 17 nitrogen and oxygen atoms in total. The first-order chi connectivity index (χ1) is 55.7. The maximum atomic E-state index is 13.2. The number of aliphatic hydroxyl groups excluding tert-OH is 1. The molecule has 0 saturated carbocycles. The molecule has 7 atom stereocenters. The van der Waals surface area contributed by atoms with Crippen LogP contribution in [-0.4, -0.2) is 96.7 Å². The van der Waals surface area contributed by atoms with Gasteiger partial charge in [0.1, 0.15) is 19.3 Å². The van der Waals surface area contributed by atoms with Gasteiger partial charge in [-0.3, -0.25) is 37.3 Å². The Kier molecular flexibility index (Phi) is 82.9. The second-order valence-corrected chi connectivity index (χ2v) is 38.8. The van der Waals surface area contributed by atoms with Gasteiger partial charge < -0.3 is 33.8 Å². The Morgan fingerprint density at radius 2 is 0.417 bits per heavy atom. The lowest BCUT2D eigenvalue weighted by atomic mass is 9.99. The Bertz CT molecular complexity index is 2220. The topological polar surface area (TPSA) is 237 Å². The van der Waals surface area contributed by atoms with E-state index in [4.69, 9.17) is 37.0 Å².